The van der Waals surface area contributed by atoms with Gasteiger partial charge in [-0.25, -0.2) is 0 Å². The second-order valence-corrected chi connectivity index (χ2v) is 4.30. The van der Waals surface area contributed by atoms with Gasteiger partial charge < -0.3 is 5.32 Å². The van der Waals surface area contributed by atoms with Gasteiger partial charge in [0.2, 0.25) is 0 Å². The Kier molecular flexibility index (Phi) is 2.03. The fourth-order valence-corrected chi connectivity index (χ4v) is 2.56. The SMILES string of the molecule is C#CC(=O)NC1CC12CCCCC2. The summed E-state index contributed by atoms with van der Waals surface area (Å²) in [6, 6.07) is 0.386. The molecule has 2 aliphatic carbocycles. The van der Waals surface area contributed by atoms with E-state index in [-0.39, 0.29) is 5.91 Å². The molecule has 70 valence electrons. The molecule has 0 aliphatic heterocycles. The molecule has 1 amide bonds. The number of nitrogens with one attached hydrogen (secondary N) is 1. The van der Waals surface area contributed by atoms with Crippen molar-refractivity contribution in [1.82, 2.24) is 5.32 Å². The third-order valence-corrected chi connectivity index (χ3v) is 3.48. The zero-order chi connectivity index (χ0) is 9.31. The van der Waals surface area contributed by atoms with E-state index in [4.69, 9.17) is 6.42 Å². The van der Waals surface area contributed by atoms with Crippen LogP contribution in [0, 0.1) is 17.8 Å². The molecule has 0 heterocycles. The van der Waals surface area contributed by atoms with E-state index in [1.165, 1.54) is 32.1 Å². The minimum absolute atomic E-state index is 0.243. The summed E-state index contributed by atoms with van der Waals surface area (Å²) in [5, 5.41) is 2.89. The summed E-state index contributed by atoms with van der Waals surface area (Å²) in [7, 11) is 0. The standard InChI is InChI=1S/C11H15NO/c1-2-10(13)12-9-8-11(9)6-4-3-5-7-11/h1,9H,3-8H2,(H,12,13). The molecule has 2 rings (SSSR count). The lowest BCUT2D eigenvalue weighted by Gasteiger charge is -2.22. The smallest absolute Gasteiger partial charge is 0.295 e. The van der Waals surface area contributed by atoms with Gasteiger partial charge in [0.15, 0.2) is 0 Å². The molecule has 1 spiro atoms. The molecule has 1 atom stereocenters. The molecular formula is C11H15NO. The van der Waals surface area contributed by atoms with E-state index in [0.717, 1.165) is 6.42 Å². The van der Waals surface area contributed by atoms with Crippen LogP contribution < -0.4 is 5.32 Å². The van der Waals surface area contributed by atoms with Crippen LogP contribution in [0.3, 0.4) is 0 Å². The van der Waals surface area contributed by atoms with E-state index in [1.807, 2.05) is 0 Å². The van der Waals surface area contributed by atoms with Gasteiger partial charge in [-0.2, -0.15) is 0 Å². The summed E-state index contributed by atoms with van der Waals surface area (Å²) in [4.78, 5) is 10.9. The monoisotopic (exact) mass is 177 g/mol. The average Bonchev–Trinajstić information content (AvgIpc) is 2.79. The van der Waals surface area contributed by atoms with E-state index >= 15 is 0 Å². The lowest BCUT2D eigenvalue weighted by molar-refractivity contribution is -0.116. The molecule has 1 N–H and O–H groups in total. The number of carbonyl (C=O) groups excluding carboxylic acids is 1. The zero-order valence-corrected chi connectivity index (χ0v) is 7.81. The summed E-state index contributed by atoms with van der Waals surface area (Å²) >= 11 is 0. The van der Waals surface area contributed by atoms with Gasteiger partial charge in [-0.15, -0.1) is 6.42 Å². The van der Waals surface area contributed by atoms with Crippen LogP contribution in [0.1, 0.15) is 38.5 Å². The Balaban J connectivity index is 1.86. The van der Waals surface area contributed by atoms with Crippen molar-refractivity contribution in [3.05, 3.63) is 0 Å². The van der Waals surface area contributed by atoms with Crippen LogP contribution >= 0.6 is 0 Å². The van der Waals surface area contributed by atoms with Crippen LogP contribution in [-0.4, -0.2) is 11.9 Å². The number of rotatable bonds is 1. The van der Waals surface area contributed by atoms with E-state index < -0.39 is 0 Å². The lowest BCUT2D eigenvalue weighted by atomic mass is 9.86. The fraction of sp³-hybridized carbons (Fsp3) is 0.727. The Morgan fingerprint density at radius 1 is 1.38 bits per heavy atom. The molecule has 2 heteroatoms. The minimum atomic E-state index is -0.243. The number of hydrogen-bond donors (Lipinski definition) is 1. The van der Waals surface area contributed by atoms with Crippen molar-refractivity contribution in [3.63, 3.8) is 0 Å². The van der Waals surface area contributed by atoms with Gasteiger partial charge in [0.05, 0.1) is 0 Å². The van der Waals surface area contributed by atoms with Crippen molar-refractivity contribution in [2.45, 2.75) is 44.6 Å². The Morgan fingerprint density at radius 3 is 2.69 bits per heavy atom. The molecule has 2 saturated carbocycles. The van der Waals surface area contributed by atoms with Crippen molar-refractivity contribution in [1.29, 1.82) is 0 Å². The molecule has 0 aromatic rings. The highest BCUT2D eigenvalue weighted by atomic mass is 16.1. The predicted octanol–water partition coefficient (Wildman–Crippen LogP) is 1.46. The summed E-state index contributed by atoms with van der Waals surface area (Å²) in [5.41, 5.74) is 0.449. The first-order valence-electron chi connectivity index (χ1n) is 5.04. The molecule has 0 aromatic heterocycles. The molecule has 0 radical (unpaired) electrons. The number of hydrogen-bond acceptors (Lipinski definition) is 1. The number of terminal acetylenes is 1. The first-order valence-corrected chi connectivity index (χ1v) is 5.04. The van der Waals surface area contributed by atoms with Gasteiger partial charge in [0.25, 0.3) is 5.91 Å². The first-order chi connectivity index (χ1) is 6.27. The van der Waals surface area contributed by atoms with E-state index in [9.17, 15) is 4.79 Å². The molecule has 13 heavy (non-hydrogen) atoms. The minimum Gasteiger partial charge on any atom is -0.342 e. The van der Waals surface area contributed by atoms with Crippen LogP contribution in [0.4, 0.5) is 0 Å². The van der Waals surface area contributed by atoms with Crippen molar-refractivity contribution >= 4 is 5.91 Å². The molecule has 0 saturated heterocycles. The van der Waals surface area contributed by atoms with Crippen molar-refractivity contribution in [2.75, 3.05) is 0 Å². The molecule has 1 unspecified atom stereocenters. The quantitative estimate of drug-likeness (QED) is 0.604. The lowest BCUT2D eigenvalue weighted by Crippen LogP contribution is -2.29. The third-order valence-electron chi connectivity index (χ3n) is 3.48. The van der Waals surface area contributed by atoms with Gasteiger partial charge >= 0.3 is 0 Å². The highest BCUT2D eigenvalue weighted by molar-refractivity contribution is 5.93. The average molecular weight is 177 g/mol. The maximum absolute atomic E-state index is 10.9. The predicted molar refractivity (Wildman–Crippen MR) is 50.9 cm³/mol. The number of carbonyl (C=O) groups is 1. The van der Waals surface area contributed by atoms with Crippen molar-refractivity contribution in [3.8, 4) is 12.3 Å². The van der Waals surface area contributed by atoms with Gasteiger partial charge in [-0.1, -0.05) is 19.3 Å². The summed E-state index contributed by atoms with van der Waals surface area (Å²) in [6.45, 7) is 0. The molecule has 0 aromatic carbocycles. The highest BCUT2D eigenvalue weighted by Gasteiger charge is 2.54. The Labute approximate surface area is 79.1 Å². The van der Waals surface area contributed by atoms with Crippen LogP contribution in [0.25, 0.3) is 0 Å². The van der Waals surface area contributed by atoms with Crippen LogP contribution in [-0.2, 0) is 4.79 Å². The van der Waals surface area contributed by atoms with E-state index in [0.29, 0.717) is 11.5 Å². The number of amides is 1. The van der Waals surface area contributed by atoms with E-state index in [2.05, 4.69) is 11.2 Å². The molecular weight excluding hydrogens is 162 g/mol. The van der Waals surface area contributed by atoms with Crippen LogP contribution in [0.5, 0.6) is 0 Å². The van der Waals surface area contributed by atoms with Gasteiger partial charge in [0.1, 0.15) is 0 Å². The first kappa shape index (κ1) is 8.62. The van der Waals surface area contributed by atoms with Crippen LogP contribution in [0.15, 0.2) is 0 Å². The summed E-state index contributed by atoms with van der Waals surface area (Å²) < 4.78 is 0. The van der Waals surface area contributed by atoms with Crippen molar-refractivity contribution < 1.29 is 4.79 Å². The largest absolute Gasteiger partial charge is 0.342 e. The Morgan fingerprint density at radius 2 is 2.08 bits per heavy atom. The Bertz CT molecular complexity index is 258. The Hall–Kier alpha value is -0.970. The third kappa shape index (κ3) is 1.56. The molecule has 2 fully saturated rings. The molecule has 2 aliphatic rings. The second-order valence-electron chi connectivity index (χ2n) is 4.30. The maximum atomic E-state index is 10.9. The zero-order valence-electron chi connectivity index (χ0n) is 7.81. The summed E-state index contributed by atoms with van der Waals surface area (Å²) in [6.07, 6.45) is 12.7. The highest BCUT2D eigenvalue weighted by Crippen LogP contribution is 2.56. The normalized spacial score (nSPS) is 29.3. The van der Waals surface area contributed by atoms with Crippen molar-refractivity contribution in [2.24, 2.45) is 5.41 Å². The molecule has 2 nitrogen and oxygen atoms in total. The second kappa shape index (κ2) is 3.06. The van der Waals surface area contributed by atoms with Gasteiger partial charge in [-0.3, -0.25) is 4.79 Å². The van der Waals surface area contributed by atoms with E-state index in [1.54, 1.807) is 0 Å². The topological polar surface area (TPSA) is 29.1 Å². The molecule has 0 bridgehead atoms. The maximum Gasteiger partial charge on any atom is 0.295 e. The van der Waals surface area contributed by atoms with Crippen LogP contribution in [0.2, 0.25) is 0 Å². The van der Waals surface area contributed by atoms with Gasteiger partial charge in [-0.05, 0) is 30.6 Å². The van der Waals surface area contributed by atoms with Gasteiger partial charge in [0, 0.05) is 6.04 Å². The fourth-order valence-electron chi connectivity index (χ4n) is 2.56. The summed E-state index contributed by atoms with van der Waals surface area (Å²) in [5.74, 6) is 1.87.